The minimum atomic E-state index is 0.243. The van der Waals surface area contributed by atoms with Gasteiger partial charge in [0.05, 0.1) is 0 Å². The molecule has 0 saturated carbocycles. The van der Waals surface area contributed by atoms with Crippen molar-refractivity contribution in [2.24, 2.45) is 5.10 Å². The van der Waals surface area contributed by atoms with Crippen LogP contribution in [0.25, 0.3) is 0 Å². The third kappa shape index (κ3) is 3.38. The molecule has 0 aliphatic carbocycles. The van der Waals surface area contributed by atoms with E-state index in [-0.39, 0.29) is 5.92 Å². The molecule has 5 heteroatoms. The quantitative estimate of drug-likeness (QED) is 0.669. The fraction of sp³-hybridized carbons (Fsp3) is 0.357. The van der Waals surface area contributed by atoms with Crippen LogP contribution in [-0.2, 0) is 6.42 Å². The first-order valence-corrected chi connectivity index (χ1v) is 6.89. The molecule has 0 aliphatic heterocycles. The topological polar surface area (TPSA) is 46.0 Å². The van der Waals surface area contributed by atoms with Gasteiger partial charge in [0.25, 0.3) is 0 Å². The van der Waals surface area contributed by atoms with Crippen molar-refractivity contribution in [2.45, 2.75) is 32.6 Å². The third-order valence-electron chi connectivity index (χ3n) is 2.92. The van der Waals surface area contributed by atoms with Gasteiger partial charge in [-0.1, -0.05) is 44.2 Å². The van der Waals surface area contributed by atoms with E-state index in [0.717, 1.165) is 18.7 Å². The third-order valence-corrected chi connectivity index (χ3v) is 3.19. The number of aromatic nitrogens is 3. The second-order valence-electron chi connectivity index (χ2n) is 4.47. The number of aromatic amines is 1. The average Bonchev–Trinajstić information content (AvgIpc) is 2.78. The van der Waals surface area contributed by atoms with Crippen LogP contribution in [0.3, 0.4) is 0 Å². The van der Waals surface area contributed by atoms with Crippen LogP contribution < -0.4 is 0 Å². The molecule has 4 nitrogen and oxygen atoms in total. The number of benzene rings is 1. The van der Waals surface area contributed by atoms with Crippen molar-refractivity contribution >= 4 is 18.4 Å². The molecule has 0 amide bonds. The normalized spacial score (nSPS) is 12.9. The number of aryl methyl sites for hydroxylation is 1. The van der Waals surface area contributed by atoms with E-state index in [9.17, 15) is 0 Å². The summed E-state index contributed by atoms with van der Waals surface area (Å²) < 4.78 is 2.25. The summed E-state index contributed by atoms with van der Waals surface area (Å²) in [6.07, 6.45) is 3.79. The summed E-state index contributed by atoms with van der Waals surface area (Å²) in [6.45, 7) is 4.22. The first-order valence-electron chi connectivity index (χ1n) is 6.48. The van der Waals surface area contributed by atoms with E-state index in [4.69, 9.17) is 12.2 Å². The molecule has 0 radical (unpaired) electrons. The van der Waals surface area contributed by atoms with Crippen LogP contribution in [0.2, 0.25) is 0 Å². The first kappa shape index (κ1) is 13.7. The average molecular weight is 274 g/mol. The Bertz CT molecular complexity index is 597. The van der Waals surface area contributed by atoms with E-state index in [1.165, 1.54) is 5.56 Å². The first-order chi connectivity index (χ1) is 9.22. The van der Waals surface area contributed by atoms with Gasteiger partial charge in [-0.2, -0.15) is 14.9 Å². The molecule has 0 bridgehead atoms. The second-order valence-corrected chi connectivity index (χ2v) is 4.86. The summed E-state index contributed by atoms with van der Waals surface area (Å²) in [5, 5.41) is 11.4. The number of rotatable bonds is 5. The lowest BCUT2D eigenvalue weighted by Crippen LogP contribution is -2.01. The molecule has 100 valence electrons. The molecule has 1 heterocycles. The maximum Gasteiger partial charge on any atom is 0.216 e. The zero-order valence-corrected chi connectivity index (χ0v) is 12.0. The summed E-state index contributed by atoms with van der Waals surface area (Å²) in [6, 6.07) is 10.3. The van der Waals surface area contributed by atoms with Crippen LogP contribution >= 0.6 is 12.2 Å². The SMILES string of the molecule is CCCc1n[nH]c(=S)n1/N=C\[C@H](C)c1ccccc1. The summed E-state index contributed by atoms with van der Waals surface area (Å²) in [5.74, 6) is 1.12. The highest BCUT2D eigenvalue weighted by Crippen LogP contribution is 2.12. The predicted molar refractivity (Wildman–Crippen MR) is 80.2 cm³/mol. The van der Waals surface area contributed by atoms with Crippen LogP contribution in [0.4, 0.5) is 0 Å². The molecule has 0 aliphatic rings. The smallest absolute Gasteiger partial charge is 0.216 e. The highest BCUT2D eigenvalue weighted by Gasteiger charge is 2.05. The van der Waals surface area contributed by atoms with Crippen molar-refractivity contribution in [3.8, 4) is 0 Å². The maximum absolute atomic E-state index is 5.19. The zero-order valence-electron chi connectivity index (χ0n) is 11.2. The summed E-state index contributed by atoms with van der Waals surface area (Å²) >= 11 is 5.19. The van der Waals surface area contributed by atoms with Gasteiger partial charge in [-0.25, -0.2) is 0 Å². The van der Waals surface area contributed by atoms with Gasteiger partial charge in [-0.3, -0.25) is 5.10 Å². The number of hydrogen-bond acceptors (Lipinski definition) is 3. The van der Waals surface area contributed by atoms with Crippen molar-refractivity contribution in [3.63, 3.8) is 0 Å². The van der Waals surface area contributed by atoms with Gasteiger partial charge < -0.3 is 0 Å². The van der Waals surface area contributed by atoms with Crippen molar-refractivity contribution in [3.05, 3.63) is 46.5 Å². The second kappa shape index (κ2) is 6.43. The van der Waals surface area contributed by atoms with E-state index in [2.05, 4.69) is 41.3 Å². The van der Waals surface area contributed by atoms with Gasteiger partial charge in [-0.15, -0.1) is 0 Å². The fourth-order valence-electron chi connectivity index (χ4n) is 1.84. The van der Waals surface area contributed by atoms with E-state index < -0.39 is 0 Å². The minimum Gasteiger partial charge on any atom is -0.250 e. The molecule has 1 atom stereocenters. The Morgan fingerprint density at radius 3 is 2.84 bits per heavy atom. The lowest BCUT2D eigenvalue weighted by atomic mass is 10.0. The van der Waals surface area contributed by atoms with Crippen LogP contribution in [0.5, 0.6) is 0 Å². The van der Waals surface area contributed by atoms with Gasteiger partial charge in [0.2, 0.25) is 4.77 Å². The minimum absolute atomic E-state index is 0.243. The molecule has 0 saturated heterocycles. The van der Waals surface area contributed by atoms with Gasteiger partial charge in [0.1, 0.15) is 0 Å². The van der Waals surface area contributed by atoms with Crippen molar-refractivity contribution in [2.75, 3.05) is 0 Å². The number of nitrogens with zero attached hydrogens (tertiary/aromatic N) is 3. The molecule has 0 unspecified atom stereocenters. The van der Waals surface area contributed by atoms with Crippen molar-refractivity contribution < 1.29 is 0 Å². The van der Waals surface area contributed by atoms with E-state index in [1.54, 1.807) is 4.68 Å². The Morgan fingerprint density at radius 2 is 2.16 bits per heavy atom. The van der Waals surface area contributed by atoms with Crippen molar-refractivity contribution in [1.29, 1.82) is 0 Å². The largest absolute Gasteiger partial charge is 0.250 e. The van der Waals surface area contributed by atoms with Gasteiger partial charge in [0.15, 0.2) is 5.82 Å². The number of nitrogens with one attached hydrogen (secondary N) is 1. The molecule has 1 N–H and O–H groups in total. The van der Waals surface area contributed by atoms with E-state index >= 15 is 0 Å². The van der Waals surface area contributed by atoms with Crippen molar-refractivity contribution in [1.82, 2.24) is 14.9 Å². The molecule has 0 fully saturated rings. The Balaban J connectivity index is 2.19. The Hall–Kier alpha value is -1.75. The Labute approximate surface area is 118 Å². The molecule has 1 aromatic heterocycles. The standard InChI is InChI=1S/C14H18N4S/c1-3-7-13-16-17-14(19)18(13)15-10-11(2)12-8-5-4-6-9-12/h4-6,8-11H,3,7H2,1-2H3,(H,17,19)/b15-10-/t11-/m0/s1. The lowest BCUT2D eigenvalue weighted by molar-refractivity contribution is 0.735. The van der Waals surface area contributed by atoms with Crippen LogP contribution in [-0.4, -0.2) is 21.1 Å². The number of hydrogen-bond donors (Lipinski definition) is 1. The molecule has 19 heavy (non-hydrogen) atoms. The van der Waals surface area contributed by atoms with Crippen LogP contribution in [0.1, 0.15) is 37.6 Å². The summed E-state index contributed by atoms with van der Waals surface area (Å²) in [4.78, 5) is 0. The molecule has 2 aromatic rings. The fourth-order valence-corrected chi connectivity index (χ4v) is 2.04. The highest BCUT2D eigenvalue weighted by atomic mass is 32.1. The summed E-state index contributed by atoms with van der Waals surface area (Å²) in [5.41, 5.74) is 1.23. The van der Waals surface area contributed by atoms with E-state index in [0.29, 0.717) is 4.77 Å². The Morgan fingerprint density at radius 1 is 1.42 bits per heavy atom. The van der Waals surface area contributed by atoms with Crippen LogP contribution in [0, 0.1) is 4.77 Å². The molecular formula is C14H18N4S. The number of H-pyrrole nitrogens is 1. The molecular weight excluding hydrogens is 256 g/mol. The molecule has 1 aromatic carbocycles. The van der Waals surface area contributed by atoms with Gasteiger partial charge in [0, 0.05) is 18.6 Å². The molecule has 0 spiro atoms. The maximum atomic E-state index is 5.19. The Kier molecular flexibility index (Phi) is 4.63. The van der Waals surface area contributed by atoms with Gasteiger partial charge in [-0.05, 0) is 24.2 Å². The lowest BCUT2D eigenvalue weighted by Gasteiger charge is -2.05. The predicted octanol–water partition coefficient (Wildman–Crippen LogP) is 3.53. The van der Waals surface area contributed by atoms with Gasteiger partial charge >= 0.3 is 0 Å². The van der Waals surface area contributed by atoms with E-state index in [1.807, 2.05) is 24.4 Å². The summed E-state index contributed by atoms with van der Waals surface area (Å²) in [7, 11) is 0. The molecule has 2 rings (SSSR count). The zero-order chi connectivity index (χ0) is 13.7. The monoisotopic (exact) mass is 274 g/mol. The van der Waals surface area contributed by atoms with Crippen LogP contribution in [0.15, 0.2) is 35.4 Å². The highest BCUT2D eigenvalue weighted by molar-refractivity contribution is 7.71.